The number of nitro groups is 1. The van der Waals surface area contributed by atoms with Crippen LogP contribution >= 0.6 is 0 Å². The Balaban J connectivity index is 1.78. The van der Waals surface area contributed by atoms with Gasteiger partial charge in [0.1, 0.15) is 0 Å². The highest BCUT2D eigenvalue weighted by molar-refractivity contribution is 5.84. The van der Waals surface area contributed by atoms with E-state index in [4.69, 9.17) is 0 Å². The highest BCUT2D eigenvalue weighted by Crippen LogP contribution is 2.36. The van der Waals surface area contributed by atoms with Gasteiger partial charge in [-0.1, -0.05) is 30.3 Å². The van der Waals surface area contributed by atoms with E-state index in [1.165, 1.54) is 12.1 Å². The highest BCUT2D eigenvalue weighted by atomic mass is 19.1. The smallest absolute Gasteiger partial charge is 0.272 e. The second-order valence-electron chi connectivity index (χ2n) is 7.62. The zero-order valence-corrected chi connectivity index (χ0v) is 17.5. The number of nitro benzene ring substituents is 1. The van der Waals surface area contributed by atoms with E-state index in [1.54, 1.807) is 0 Å². The predicted octanol–water partition coefficient (Wildman–Crippen LogP) is 4.60. The lowest BCUT2D eigenvalue weighted by Crippen LogP contribution is -2.42. The molecule has 2 aromatic rings. The number of halogens is 1. The van der Waals surface area contributed by atoms with Crippen molar-refractivity contribution in [3.63, 3.8) is 0 Å². The molecule has 0 aromatic heterocycles. The fraction of sp³-hybridized carbons (Fsp3) is 0.435. The molecule has 0 N–H and O–H groups in total. The number of benzene rings is 2. The molecule has 2 aromatic carbocycles. The lowest BCUT2D eigenvalue weighted by Gasteiger charge is -2.38. The average Bonchev–Trinajstić information content (AvgIpc) is 2.76. The van der Waals surface area contributed by atoms with Crippen LogP contribution in [0.5, 0.6) is 0 Å². The van der Waals surface area contributed by atoms with Gasteiger partial charge in [0.15, 0.2) is 5.82 Å². The van der Waals surface area contributed by atoms with Crippen molar-refractivity contribution in [3.05, 3.63) is 70.0 Å². The summed E-state index contributed by atoms with van der Waals surface area (Å²) in [5, 5.41) is 10.9. The number of likely N-dealkylation sites (N-methyl/N-ethyl adjacent to an activating group) is 1. The van der Waals surface area contributed by atoms with E-state index in [2.05, 4.69) is 0 Å². The Kier molecular flexibility index (Phi) is 7.03. The van der Waals surface area contributed by atoms with Gasteiger partial charge in [-0.15, -0.1) is 0 Å². The van der Waals surface area contributed by atoms with E-state index in [-0.39, 0.29) is 23.4 Å². The van der Waals surface area contributed by atoms with Gasteiger partial charge in [-0.25, -0.2) is 4.39 Å². The molecule has 1 fully saturated rings. The van der Waals surface area contributed by atoms with E-state index < -0.39 is 10.7 Å². The molecule has 3 rings (SSSR count). The van der Waals surface area contributed by atoms with Gasteiger partial charge in [-0.05, 0) is 44.2 Å². The molecule has 1 aliphatic heterocycles. The van der Waals surface area contributed by atoms with Crippen molar-refractivity contribution < 1.29 is 14.1 Å². The molecule has 0 bridgehead atoms. The first-order valence-corrected chi connectivity index (χ1v) is 10.5. The summed E-state index contributed by atoms with van der Waals surface area (Å²) in [6.07, 6.45) is 1.51. The third kappa shape index (κ3) is 4.61. The van der Waals surface area contributed by atoms with E-state index >= 15 is 0 Å². The monoisotopic (exact) mass is 413 g/mol. The normalized spacial score (nSPS) is 15.6. The maximum atomic E-state index is 14.4. The minimum atomic E-state index is -0.595. The first-order valence-electron chi connectivity index (χ1n) is 10.5. The summed E-state index contributed by atoms with van der Waals surface area (Å²) in [6, 6.07) is 13.7. The third-order valence-corrected chi connectivity index (χ3v) is 5.99. The number of hydrogen-bond acceptors (Lipinski definition) is 4. The number of non-ortho nitro benzene ring substituents is 1. The van der Waals surface area contributed by atoms with Crippen molar-refractivity contribution in [2.24, 2.45) is 5.92 Å². The topological polar surface area (TPSA) is 66.7 Å². The summed E-state index contributed by atoms with van der Waals surface area (Å²) < 4.78 is 14.4. The van der Waals surface area contributed by atoms with Crippen LogP contribution in [0.15, 0.2) is 48.5 Å². The van der Waals surface area contributed by atoms with Crippen molar-refractivity contribution in [2.45, 2.75) is 32.6 Å². The SMILES string of the molecule is CCN(CC)C(=O)C(c1ccccc1)C1CCN(c2ccc([N+](=O)[O-])cc2F)CC1. The predicted molar refractivity (Wildman–Crippen MR) is 115 cm³/mol. The highest BCUT2D eigenvalue weighted by Gasteiger charge is 2.35. The summed E-state index contributed by atoms with van der Waals surface area (Å²) in [6.45, 7) is 6.53. The first kappa shape index (κ1) is 21.7. The Morgan fingerprint density at radius 3 is 2.33 bits per heavy atom. The molecule has 7 heteroatoms. The van der Waals surface area contributed by atoms with Crippen LogP contribution < -0.4 is 4.90 Å². The van der Waals surface area contributed by atoms with Crippen LogP contribution in [0.1, 0.15) is 38.2 Å². The first-order chi connectivity index (χ1) is 14.5. The third-order valence-electron chi connectivity index (χ3n) is 5.99. The summed E-state index contributed by atoms with van der Waals surface area (Å²) in [5.41, 5.74) is 1.15. The number of nitrogens with zero attached hydrogens (tertiary/aromatic N) is 3. The molecule has 0 spiro atoms. The molecule has 1 aliphatic rings. The Hall–Kier alpha value is -2.96. The van der Waals surface area contributed by atoms with E-state index in [0.29, 0.717) is 31.9 Å². The van der Waals surface area contributed by atoms with Crippen LogP contribution in [-0.2, 0) is 4.79 Å². The van der Waals surface area contributed by atoms with Crippen molar-refractivity contribution >= 4 is 17.3 Å². The molecule has 0 radical (unpaired) electrons. The second kappa shape index (κ2) is 9.69. The van der Waals surface area contributed by atoms with Gasteiger partial charge in [0.2, 0.25) is 5.91 Å². The number of hydrogen-bond donors (Lipinski definition) is 0. The lowest BCUT2D eigenvalue weighted by molar-refractivity contribution is -0.385. The minimum Gasteiger partial charge on any atom is -0.369 e. The maximum Gasteiger partial charge on any atom is 0.272 e. The number of carbonyl (C=O) groups excluding carboxylic acids is 1. The fourth-order valence-corrected chi connectivity index (χ4v) is 4.35. The Morgan fingerprint density at radius 1 is 1.17 bits per heavy atom. The zero-order chi connectivity index (χ0) is 21.7. The molecular weight excluding hydrogens is 385 g/mol. The van der Waals surface area contributed by atoms with Crippen molar-refractivity contribution in [1.29, 1.82) is 0 Å². The fourth-order valence-electron chi connectivity index (χ4n) is 4.35. The van der Waals surface area contributed by atoms with Crippen molar-refractivity contribution in [1.82, 2.24) is 4.90 Å². The second-order valence-corrected chi connectivity index (χ2v) is 7.62. The zero-order valence-electron chi connectivity index (χ0n) is 17.5. The Morgan fingerprint density at radius 2 is 1.80 bits per heavy atom. The van der Waals surface area contributed by atoms with Gasteiger partial charge in [0.05, 0.1) is 22.6 Å². The average molecular weight is 413 g/mol. The van der Waals surface area contributed by atoms with Crippen LogP contribution in [0.4, 0.5) is 15.8 Å². The van der Waals surface area contributed by atoms with Gasteiger partial charge in [0, 0.05) is 32.2 Å². The van der Waals surface area contributed by atoms with E-state index in [1.807, 2.05) is 54.0 Å². The van der Waals surface area contributed by atoms with Crippen LogP contribution in [0.25, 0.3) is 0 Å². The molecule has 1 saturated heterocycles. The number of rotatable bonds is 7. The molecule has 1 unspecified atom stereocenters. The van der Waals surface area contributed by atoms with Gasteiger partial charge < -0.3 is 9.80 Å². The summed E-state index contributed by atoms with van der Waals surface area (Å²) in [5.74, 6) is -0.486. The molecule has 1 heterocycles. The van der Waals surface area contributed by atoms with E-state index in [9.17, 15) is 19.3 Å². The number of carbonyl (C=O) groups is 1. The summed E-state index contributed by atoms with van der Waals surface area (Å²) in [4.78, 5) is 27.3. The molecular formula is C23H28FN3O3. The largest absolute Gasteiger partial charge is 0.369 e. The van der Waals surface area contributed by atoms with Crippen LogP contribution in [0.2, 0.25) is 0 Å². The number of amides is 1. The van der Waals surface area contributed by atoms with Crippen molar-refractivity contribution in [2.75, 3.05) is 31.1 Å². The van der Waals surface area contributed by atoms with Gasteiger partial charge in [-0.3, -0.25) is 14.9 Å². The number of anilines is 1. The summed E-state index contributed by atoms with van der Waals surface area (Å²) >= 11 is 0. The number of piperidine rings is 1. The van der Waals surface area contributed by atoms with Crippen LogP contribution in [-0.4, -0.2) is 41.9 Å². The summed E-state index contributed by atoms with van der Waals surface area (Å²) in [7, 11) is 0. The Bertz CT molecular complexity index is 879. The maximum absolute atomic E-state index is 14.4. The van der Waals surface area contributed by atoms with Gasteiger partial charge in [-0.2, -0.15) is 0 Å². The Labute approximate surface area is 176 Å². The molecule has 1 amide bonds. The molecule has 0 saturated carbocycles. The quantitative estimate of drug-likeness (QED) is 0.491. The lowest BCUT2D eigenvalue weighted by atomic mass is 9.79. The van der Waals surface area contributed by atoms with Crippen LogP contribution in [0.3, 0.4) is 0 Å². The van der Waals surface area contributed by atoms with E-state index in [0.717, 1.165) is 24.5 Å². The van der Waals surface area contributed by atoms with Gasteiger partial charge in [0.25, 0.3) is 5.69 Å². The van der Waals surface area contributed by atoms with Crippen molar-refractivity contribution in [3.8, 4) is 0 Å². The molecule has 30 heavy (non-hydrogen) atoms. The molecule has 6 nitrogen and oxygen atoms in total. The molecule has 1 atom stereocenters. The standard InChI is InChI=1S/C23H28FN3O3/c1-3-25(4-2)23(28)22(17-8-6-5-7-9-17)18-12-14-26(15-13-18)21-11-10-19(27(29)30)16-20(21)24/h5-11,16,18,22H,3-4,12-15H2,1-2H3. The molecule has 160 valence electrons. The van der Waals surface area contributed by atoms with Crippen LogP contribution in [0, 0.1) is 21.8 Å². The minimum absolute atomic E-state index is 0.145. The van der Waals surface area contributed by atoms with Gasteiger partial charge >= 0.3 is 0 Å². The molecule has 0 aliphatic carbocycles.